The molecule has 1 unspecified atom stereocenters. The summed E-state index contributed by atoms with van der Waals surface area (Å²) in [7, 11) is 1.46. The number of anilines is 1. The number of aromatic nitrogens is 3. The lowest BCUT2D eigenvalue weighted by molar-refractivity contribution is -0.386. The first-order chi connectivity index (χ1) is 17.2. The highest BCUT2D eigenvalue weighted by atomic mass is 16.6. The SMILES string of the molecule is COc1ccc(C(CC(C)C)OCc2cn([C@H]3C[C@@H](O)[C@@H](CO)O3)c3ncnc(N)c23)c([N+](=O)[O-])c1. The molecule has 3 heterocycles. The second-order valence-electron chi connectivity index (χ2n) is 9.24. The van der Waals surface area contributed by atoms with Gasteiger partial charge < -0.3 is 34.7 Å². The predicted molar refractivity (Wildman–Crippen MR) is 130 cm³/mol. The molecule has 0 amide bonds. The number of aliphatic hydroxyl groups excluding tert-OH is 2. The van der Waals surface area contributed by atoms with Gasteiger partial charge in [-0.3, -0.25) is 10.1 Å². The molecule has 4 N–H and O–H groups in total. The number of nitrogens with two attached hydrogens (primary N) is 1. The van der Waals surface area contributed by atoms with Gasteiger partial charge in [-0.25, -0.2) is 9.97 Å². The maximum atomic E-state index is 11.8. The lowest BCUT2D eigenvalue weighted by Gasteiger charge is -2.20. The predicted octanol–water partition coefficient (Wildman–Crippen LogP) is 2.88. The number of aliphatic hydroxyl groups is 2. The van der Waals surface area contributed by atoms with Gasteiger partial charge in [0.15, 0.2) is 0 Å². The summed E-state index contributed by atoms with van der Waals surface area (Å²) in [6.07, 6.45) is 1.30. The number of methoxy groups -OCH3 is 1. The van der Waals surface area contributed by atoms with Gasteiger partial charge in [-0.15, -0.1) is 0 Å². The number of rotatable bonds is 10. The molecule has 12 nitrogen and oxygen atoms in total. The van der Waals surface area contributed by atoms with Crippen molar-refractivity contribution in [2.75, 3.05) is 19.5 Å². The molecule has 0 radical (unpaired) electrons. The molecule has 1 aliphatic heterocycles. The van der Waals surface area contributed by atoms with E-state index in [4.69, 9.17) is 19.9 Å². The third-order valence-corrected chi connectivity index (χ3v) is 6.32. The molecular formula is C24H31N5O7. The fourth-order valence-electron chi connectivity index (χ4n) is 4.55. The molecule has 36 heavy (non-hydrogen) atoms. The zero-order valence-electron chi connectivity index (χ0n) is 20.4. The maximum Gasteiger partial charge on any atom is 0.278 e. The summed E-state index contributed by atoms with van der Waals surface area (Å²) < 4.78 is 19.0. The minimum Gasteiger partial charge on any atom is -0.497 e. The van der Waals surface area contributed by atoms with Crippen LogP contribution in [-0.4, -0.2) is 55.6 Å². The van der Waals surface area contributed by atoms with Crippen LogP contribution >= 0.6 is 0 Å². The van der Waals surface area contributed by atoms with Crippen LogP contribution in [0.5, 0.6) is 5.75 Å². The Hall–Kier alpha value is -3.32. The van der Waals surface area contributed by atoms with Gasteiger partial charge in [0.1, 0.15) is 35.9 Å². The van der Waals surface area contributed by atoms with Crippen molar-refractivity contribution in [1.82, 2.24) is 14.5 Å². The topological polar surface area (TPSA) is 168 Å². The standard InChI is InChI=1S/C24H31N5O7/c1-13(2)6-19(16-5-4-15(34-3)7-17(16)29(32)33)35-11-14-9-28(21-8-18(31)20(10-30)36-21)24-22(14)23(25)26-12-27-24/h4-5,7,9,12-13,18-21,30-31H,6,8,10-11H2,1-3H3,(H2,25,26,27)/t18-,19?,20-,21-/m1/s1. The molecule has 4 atom stereocenters. The van der Waals surface area contributed by atoms with Crippen molar-refractivity contribution in [1.29, 1.82) is 0 Å². The molecule has 0 spiro atoms. The van der Waals surface area contributed by atoms with Crippen molar-refractivity contribution >= 4 is 22.5 Å². The Morgan fingerprint density at radius 1 is 1.36 bits per heavy atom. The van der Waals surface area contributed by atoms with Crippen LogP contribution in [0, 0.1) is 16.0 Å². The number of nitrogen functional groups attached to an aromatic ring is 1. The molecule has 1 aromatic carbocycles. The normalized spacial score (nSPS) is 20.8. The molecule has 2 aromatic heterocycles. The number of benzene rings is 1. The Labute approximate surface area is 207 Å². The van der Waals surface area contributed by atoms with Crippen LogP contribution in [0.4, 0.5) is 11.5 Å². The number of hydrogen-bond donors (Lipinski definition) is 3. The van der Waals surface area contributed by atoms with Crippen LogP contribution in [0.15, 0.2) is 30.7 Å². The summed E-state index contributed by atoms with van der Waals surface area (Å²) in [6, 6.07) is 4.73. The third-order valence-electron chi connectivity index (χ3n) is 6.32. The average Bonchev–Trinajstić information content (AvgIpc) is 3.41. The Balaban J connectivity index is 1.68. The third kappa shape index (κ3) is 5.12. The molecule has 0 bridgehead atoms. The second-order valence-corrected chi connectivity index (χ2v) is 9.24. The monoisotopic (exact) mass is 501 g/mol. The van der Waals surface area contributed by atoms with Crippen LogP contribution in [0.3, 0.4) is 0 Å². The van der Waals surface area contributed by atoms with E-state index in [1.54, 1.807) is 22.9 Å². The fourth-order valence-corrected chi connectivity index (χ4v) is 4.55. The first kappa shape index (κ1) is 25.8. The summed E-state index contributed by atoms with van der Waals surface area (Å²) in [5, 5.41) is 32.1. The van der Waals surface area contributed by atoms with E-state index in [-0.39, 0.29) is 37.1 Å². The number of hydrogen-bond acceptors (Lipinski definition) is 10. The van der Waals surface area contributed by atoms with Crippen LogP contribution in [-0.2, 0) is 16.1 Å². The number of nitro groups is 1. The molecule has 12 heteroatoms. The summed E-state index contributed by atoms with van der Waals surface area (Å²) in [5.74, 6) is 0.849. The first-order valence-electron chi connectivity index (χ1n) is 11.7. The van der Waals surface area contributed by atoms with Gasteiger partial charge in [0.2, 0.25) is 0 Å². The second kappa shape index (κ2) is 10.7. The fraction of sp³-hybridized carbons (Fsp3) is 0.500. The molecular weight excluding hydrogens is 470 g/mol. The quantitative estimate of drug-likeness (QED) is 0.277. The molecule has 0 aliphatic carbocycles. The highest BCUT2D eigenvalue weighted by molar-refractivity contribution is 5.89. The van der Waals surface area contributed by atoms with E-state index < -0.39 is 29.5 Å². The van der Waals surface area contributed by atoms with E-state index in [0.29, 0.717) is 34.3 Å². The van der Waals surface area contributed by atoms with Crippen molar-refractivity contribution in [3.8, 4) is 5.75 Å². The van der Waals surface area contributed by atoms with E-state index in [0.717, 1.165) is 0 Å². The molecule has 1 aliphatic rings. The smallest absolute Gasteiger partial charge is 0.278 e. The van der Waals surface area contributed by atoms with Crippen molar-refractivity contribution in [2.24, 2.45) is 5.92 Å². The summed E-state index contributed by atoms with van der Waals surface area (Å²) in [6.45, 7) is 3.81. The number of nitrogens with zero attached hydrogens (tertiary/aromatic N) is 4. The van der Waals surface area contributed by atoms with Crippen LogP contribution in [0.1, 0.15) is 50.1 Å². The van der Waals surface area contributed by atoms with Crippen molar-refractivity contribution in [3.63, 3.8) is 0 Å². The molecule has 194 valence electrons. The number of fused-ring (bicyclic) bond motifs is 1. The Morgan fingerprint density at radius 2 is 2.14 bits per heavy atom. The summed E-state index contributed by atoms with van der Waals surface area (Å²) >= 11 is 0. The zero-order valence-corrected chi connectivity index (χ0v) is 20.4. The number of ether oxygens (including phenoxy) is 3. The van der Waals surface area contributed by atoms with Gasteiger partial charge in [0.05, 0.1) is 54.5 Å². The lowest BCUT2D eigenvalue weighted by Crippen LogP contribution is -2.24. The maximum absolute atomic E-state index is 11.8. The molecule has 0 saturated carbocycles. The zero-order chi connectivity index (χ0) is 26.0. The molecule has 1 saturated heterocycles. The Morgan fingerprint density at radius 3 is 2.78 bits per heavy atom. The van der Waals surface area contributed by atoms with Gasteiger partial charge in [0.25, 0.3) is 5.69 Å². The van der Waals surface area contributed by atoms with Crippen LogP contribution < -0.4 is 10.5 Å². The first-order valence-corrected chi connectivity index (χ1v) is 11.7. The summed E-state index contributed by atoms with van der Waals surface area (Å²) in [4.78, 5) is 19.8. The van der Waals surface area contributed by atoms with Crippen molar-refractivity contribution in [3.05, 3.63) is 52.0 Å². The highest BCUT2D eigenvalue weighted by Crippen LogP contribution is 2.38. The van der Waals surface area contributed by atoms with Gasteiger partial charge in [-0.05, 0) is 24.5 Å². The molecule has 3 aromatic rings. The number of nitro benzene ring substituents is 1. The van der Waals surface area contributed by atoms with E-state index >= 15 is 0 Å². The van der Waals surface area contributed by atoms with Gasteiger partial charge >= 0.3 is 0 Å². The van der Waals surface area contributed by atoms with Crippen molar-refractivity contribution < 1.29 is 29.3 Å². The van der Waals surface area contributed by atoms with Gasteiger partial charge in [0, 0.05) is 18.2 Å². The van der Waals surface area contributed by atoms with Crippen LogP contribution in [0.25, 0.3) is 11.0 Å². The minimum absolute atomic E-state index is 0.0753. The van der Waals surface area contributed by atoms with Crippen molar-refractivity contribution in [2.45, 2.75) is 57.8 Å². The Kier molecular flexibility index (Phi) is 7.69. The van der Waals surface area contributed by atoms with Crippen LogP contribution in [0.2, 0.25) is 0 Å². The minimum atomic E-state index is -0.817. The van der Waals surface area contributed by atoms with Gasteiger partial charge in [-0.1, -0.05) is 13.8 Å². The largest absolute Gasteiger partial charge is 0.497 e. The molecule has 1 fully saturated rings. The van der Waals surface area contributed by atoms with E-state index in [9.17, 15) is 20.3 Å². The van der Waals surface area contributed by atoms with Gasteiger partial charge in [-0.2, -0.15) is 0 Å². The van der Waals surface area contributed by atoms with E-state index in [2.05, 4.69) is 9.97 Å². The average molecular weight is 502 g/mol. The highest BCUT2D eigenvalue weighted by Gasteiger charge is 2.36. The van der Waals surface area contributed by atoms with E-state index in [1.807, 2.05) is 13.8 Å². The summed E-state index contributed by atoms with van der Waals surface area (Å²) in [5.41, 5.74) is 7.76. The Bertz CT molecular complexity index is 1230. The lowest BCUT2D eigenvalue weighted by atomic mass is 9.97. The molecule has 4 rings (SSSR count). The van der Waals surface area contributed by atoms with E-state index in [1.165, 1.54) is 19.5 Å².